The van der Waals surface area contributed by atoms with Crippen LogP contribution < -0.4 is 10.6 Å². The second-order valence-corrected chi connectivity index (χ2v) is 6.77. The first-order valence-electron chi connectivity index (χ1n) is 8.97. The quantitative estimate of drug-likeness (QED) is 0.842. The molecule has 2 N–H and O–H groups in total. The highest BCUT2D eigenvalue weighted by Gasteiger charge is 2.26. The van der Waals surface area contributed by atoms with Crippen LogP contribution in [0.25, 0.3) is 0 Å². The molecule has 0 radical (unpaired) electrons. The third-order valence-corrected chi connectivity index (χ3v) is 4.81. The molecule has 0 spiro atoms. The van der Waals surface area contributed by atoms with Crippen molar-refractivity contribution in [3.05, 3.63) is 35.4 Å². The highest BCUT2D eigenvalue weighted by atomic mass is 16.5. The van der Waals surface area contributed by atoms with Crippen molar-refractivity contribution in [1.29, 1.82) is 0 Å². The van der Waals surface area contributed by atoms with E-state index in [1.165, 1.54) is 32.1 Å². The fourth-order valence-corrected chi connectivity index (χ4v) is 3.40. The summed E-state index contributed by atoms with van der Waals surface area (Å²) >= 11 is 0. The molecule has 1 aromatic rings. The van der Waals surface area contributed by atoms with Crippen LogP contribution in [0.4, 0.5) is 0 Å². The minimum atomic E-state index is -0.379. The van der Waals surface area contributed by atoms with Crippen molar-refractivity contribution in [3.63, 3.8) is 0 Å². The van der Waals surface area contributed by atoms with Crippen LogP contribution in [0.5, 0.6) is 0 Å². The van der Waals surface area contributed by atoms with Gasteiger partial charge in [0, 0.05) is 13.0 Å². The number of carbonyl (C=O) groups excluding carboxylic acids is 2. The Labute approximate surface area is 143 Å². The van der Waals surface area contributed by atoms with Crippen molar-refractivity contribution >= 4 is 11.8 Å². The molecular weight excluding hydrogens is 304 g/mol. The average Bonchev–Trinajstić information content (AvgIpc) is 3.06. The summed E-state index contributed by atoms with van der Waals surface area (Å²) < 4.78 is 6.01. The van der Waals surface area contributed by atoms with Gasteiger partial charge in [0.1, 0.15) is 6.04 Å². The highest BCUT2D eigenvalue weighted by molar-refractivity contribution is 5.90. The first kappa shape index (κ1) is 17.0. The van der Waals surface area contributed by atoms with E-state index in [4.69, 9.17) is 4.74 Å². The molecule has 1 saturated carbocycles. The SMILES string of the molecule is O=C1CCC(C(=O)NCc2cccc(COC3CCCCC3)c2)N1. The lowest BCUT2D eigenvalue weighted by Gasteiger charge is -2.22. The Morgan fingerprint density at radius 3 is 2.71 bits per heavy atom. The van der Waals surface area contributed by atoms with Crippen LogP contribution in [0.15, 0.2) is 24.3 Å². The van der Waals surface area contributed by atoms with Crippen molar-refractivity contribution in [2.45, 2.75) is 70.2 Å². The second-order valence-electron chi connectivity index (χ2n) is 6.77. The van der Waals surface area contributed by atoms with Crippen LogP contribution in [0.1, 0.15) is 56.1 Å². The Bertz CT molecular complexity index is 582. The molecule has 1 heterocycles. The third kappa shape index (κ3) is 4.81. The van der Waals surface area contributed by atoms with E-state index < -0.39 is 0 Å². The summed E-state index contributed by atoms with van der Waals surface area (Å²) in [5.74, 6) is -0.151. The van der Waals surface area contributed by atoms with Gasteiger partial charge in [-0.1, -0.05) is 43.5 Å². The molecule has 1 aliphatic carbocycles. The van der Waals surface area contributed by atoms with Crippen molar-refractivity contribution in [2.24, 2.45) is 0 Å². The van der Waals surface area contributed by atoms with Gasteiger partial charge in [-0.3, -0.25) is 9.59 Å². The maximum Gasteiger partial charge on any atom is 0.242 e. The molecule has 2 aliphatic rings. The standard InChI is InChI=1S/C19H26N2O3/c22-18-10-9-17(21-18)19(23)20-12-14-5-4-6-15(11-14)13-24-16-7-2-1-3-8-16/h4-6,11,16-17H,1-3,7-10,12-13H2,(H,20,23)(H,21,22). The topological polar surface area (TPSA) is 67.4 Å². The number of ether oxygens (including phenoxy) is 1. The van der Waals surface area contributed by atoms with E-state index in [0.29, 0.717) is 32.1 Å². The van der Waals surface area contributed by atoms with E-state index in [2.05, 4.69) is 22.8 Å². The predicted octanol–water partition coefficient (Wildman–Crippen LogP) is 2.43. The van der Waals surface area contributed by atoms with Crippen LogP contribution in [0.3, 0.4) is 0 Å². The summed E-state index contributed by atoms with van der Waals surface area (Å²) in [5, 5.41) is 5.59. The molecule has 1 unspecified atom stereocenters. The fourth-order valence-electron chi connectivity index (χ4n) is 3.40. The average molecular weight is 330 g/mol. The van der Waals surface area contributed by atoms with Gasteiger partial charge in [-0.2, -0.15) is 0 Å². The smallest absolute Gasteiger partial charge is 0.242 e. The number of rotatable bonds is 6. The van der Waals surface area contributed by atoms with Crippen molar-refractivity contribution < 1.29 is 14.3 Å². The zero-order chi connectivity index (χ0) is 16.8. The maximum absolute atomic E-state index is 12.0. The summed E-state index contributed by atoms with van der Waals surface area (Å²) in [7, 11) is 0. The molecule has 1 saturated heterocycles. The van der Waals surface area contributed by atoms with Crippen LogP contribution in [-0.2, 0) is 27.5 Å². The van der Waals surface area contributed by atoms with Crippen molar-refractivity contribution in [1.82, 2.24) is 10.6 Å². The second kappa shape index (κ2) is 8.29. The maximum atomic E-state index is 12.0. The molecule has 2 fully saturated rings. The Morgan fingerprint density at radius 2 is 1.96 bits per heavy atom. The van der Waals surface area contributed by atoms with Gasteiger partial charge < -0.3 is 15.4 Å². The highest BCUT2D eigenvalue weighted by Crippen LogP contribution is 2.21. The summed E-state index contributed by atoms with van der Waals surface area (Å²) in [6.45, 7) is 1.10. The zero-order valence-corrected chi connectivity index (χ0v) is 14.1. The van der Waals surface area contributed by atoms with Gasteiger partial charge in [-0.15, -0.1) is 0 Å². The van der Waals surface area contributed by atoms with E-state index >= 15 is 0 Å². The zero-order valence-electron chi connectivity index (χ0n) is 14.1. The molecular formula is C19H26N2O3. The van der Waals surface area contributed by atoms with E-state index in [0.717, 1.165) is 11.1 Å². The lowest BCUT2D eigenvalue weighted by Crippen LogP contribution is -2.41. The van der Waals surface area contributed by atoms with Gasteiger partial charge >= 0.3 is 0 Å². The summed E-state index contributed by atoms with van der Waals surface area (Å²) in [4.78, 5) is 23.2. The number of hydrogen-bond acceptors (Lipinski definition) is 3. The molecule has 2 amide bonds. The Balaban J connectivity index is 1.46. The monoisotopic (exact) mass is 330 g/mol. The molecule has 130 valence electrons. The third-order valence-electron chi connectivity index (χ3n) is 4.81. The normalized spacial score (nSPS) is 21.5. The van der Waals surface area contributed by atoms with Crippen LogP contribution in [0.2, 0.25) is 0 Å². The largest absolute Gasteiger partial charge is 0.374 e. The Hall–Kier alpha value is -1.88. The first-order chi connectivity index (χ1) is 11.7. The van der Waals surface area contributed by atoms with Gasteiger partial charge in [-0.05, 0) is 30.4 Å². The molecule has 5 heteroatoms. The van der Waals surface area contributed by atoms with Crippen LogP contribution in [0, 0.1) is 0 Å². The van der Waals surface area contributed by atoms with E-state index in [1.54, 1.807) is 0 Å². The van der Waals surface area contributed by atoms with Gasteiger partial charge in [0.2, 0.25) is 11.8 Å². The Morgan fingerprint density at radius 1 is 1.17 bits per heavy atom. The lowest BCUT2D eigenvalue weighted by atomic mass is 9.98. The van der Waals surface area contributed by atoms with Crippen molar-refractivity contribution in [3.8, 4) is 0 Å². The number of benzene rings is 1. The molecule has 3 rings (SSSR count). The molecule has 5 nitrogen and oxygen atoms in total. The molecule has 0 bridgehead atoms. The molecule has 1 atom stereocenters. The predicted molar refractivity (Wildman–Crippen MR) is 91.1 cm³/mol. The van der Waals surface area contributed by atoms with E-state index in [9.17, 15) is 9.59 Å². The van der Waals surface area contributed by atoms with Crippen LogP contribution in [-0.4, -0.2) is 24.0 Å². The lowest BCUT2D eigenvalue weighted by molar-refractivity contribution is -0.125. The summed E-state index contributed by atoms with van der Waals surface area (Å²) in [6.07, 6.45) is 7.63. The Kier molecular flexibility index (Phi) is 5.86. The minimum Gasteiger partial charge on any atom is -0.374 e. The van der Waals surface area contributed by atoms with Gasteiger partial charge in [0.05, 0.1) is 12.7 Å². The minimum absolute atomic E-state index is 0.0444. The number of carbonyl (C=O) groups is 2. The van der Waals surface area contributed by atoms with Crippen molar-refractivity contribution in [2.75, 3.05) is 0 Å². The fraction of sp³-hybridized carbons (Fsp3) is 0.579. The number of nitrogens with one attached hydrogen (secondary N) is 2. The number of hydrogen-bond donors (Lipinski definition) is 2. The van der Waals surface area contributed by atoms with Gasteiger partial charge in [0.15, 0.2) is 0 Å². The number of amides is 2. The summed E-state index contributed by atoms with van der Waals surface area (Å²) in [5.41, 5.74) is 2.19. The van der Waals surface area contributed by atoms with E-state index in [-0.39, 0.29) is 17.9 Å². The van der Waals surface area contributed by atoms with Crippen LogP contribution >= 0.6 is 0 Å². The summed E-state index contributed by atoms with van der Waals surface area (Å²) in [6, 6.07) is 7.76. The molecule has 24 heavy (non-hydrogen) atoms. The van der Waals surface area contributed by atoms with Gasteiger partial charge in [-0.25, -0.2) is 0 Å². The van der Waals surface area contributed by atoms with Gasteiger partial charge in [0.25, 0.3) is 0 Å². The van der Waals surface area contributed by atoms with E-state index in [1.807, 2.05) is 12.1 Å². The molecule has 0 aromatic heterocycles. The molecule has 1 aliphatic heterocycles. The first-order valence-corrected chi connectivity index (χ1v) is 8.97. The molecule has 1 aromatic carbocycles.